The van der Waals surface area contributed by atoms with Crippen LogP contribution in [0.2, 0.25) is 0 Å². The summed E-state index contributed by atoms with van der Waals surface area (Å²) in [5, 5.41) is 14.3. The minimum atomic E-state index is -0.737. The molecule has 142 valence electrons. The van der Waals surface area contributed by atoms with Gasteiger partial charge in [-0.3, -0.25) is 4.90 Å². The van der Waals surface area contributed by atoms with Crippen molar-refractivity contribution in [3.8, 4) is 0 Å². The number of hydrogen-bond donors (Lipinski definition) is 1. The SMILES string of the molecule is COC[C@H]1CCCN1Cc1nc(C2(O)CCN(CC(C)C)CC2)cs1. The molecule has 0 aromatic carbocycles. The van der Waals surface area contributed by atoms with Gasteiger partial charge in [0.25, 0.3) is 0 Å². The highest BCUT2D eigenvalue weighted by Crippen LogP contribution is 2.34. The lowest BCUT2D eigenvalue weighted by molar-refractivity contribution is -0.0310. The standard InChI is InChI=1S/C19H33N3O2S/c1-15(2)11-21-9-6-19(23,7-10-21)17-14-25-18(20-17)12-22-8-4-5-16(22)13-24-3/h14-16,23H,4-13H2,1-3H3/t16-/m1/s1. The van der Waals surface area contributed by atoms with Crippen molar-refractivity contribution in [3.05, 3.63) is 16.1 Å². The molecule has 3 heterocycles. The molecule has 1 N–H and O–H groups in total. The van der Waals surface area contributed by atoms with E-state index in [9.17, 15) is 5.11 Å². The molecule has 3 rings (SSSR count). The molecule has 1 atom stereocenters. The molecule has 2 aliphatic heterocycles. The molecule has 0 aliphatic carbocycles. The highest BCUT2D eigenvalue weighted by Gasteiger charge is 2.36. The lowest BCUT2D eigenvalue weighted by Crippen LogP contribution is -2.44. The summed E-state index contributed by atoms with van der Waals surface area (Å²) in [7, 11) is 1.78. The molecule has 6 heteroatoms. The van der Waals surface area contributed by atoms with Crippen LogP contribution >= 0.6 is 11.3 Å². The van der Waals surface area contributed by atoms with E-state index in [2.05, 4.69) is 29.0 Å². The number of piperidine rings is 1. The van der Waals surface area contributed by atoms with Crippen LogP contribution in [0.5, 0.6) is 0 Å². The minimum Gasteiger partial charge on any atom is -0.383 e. The maximum atomic E-state index is 11.1. The third-order valence-electron chi connectivity index (χ3n) is 5.53. The van der Waals surface area contributed by atoms with E-state index in [1.54, 1.807) is 18.4 Å². The monoisotopic (exact) mass is 367 g/mol. The van der Waals surface area contributed by atoms with Gasteiger partial charge in [-0.2, -0.15) is 0 Å². The molecule has 0 bridgehead atoms. The molecule has 2 saturated heterocycles. The van der Waals surface area contributed by atoms with Crippen LogP contribution in [0.15, 0.2) is 5.38 Å². The molecule has 0 saturated carbocycles. The summed E-state index contributed by atoms with van der Waals surface area (Å²) in [5.74, 6) is 0.678. The number of aromatic nitrogens is 1. The molecule has 1 aromatic heterocycles. The lowest BCUT2D eigenvalue weighted by Gasteiger charge is -2.38. The smallest absolute Gasteiger partial charge is 0.110 e. The van der Waals surface area contributed by atoms with Gasteiger partial charge in [0.1, 0.15) is 10.6 Å². The van der Waals surface area contributed by atoms with Gasteiger partial charge in [0.15, 0.2) is 0 Å². The van der Waals surface area contributed by atoms with Gasteiger partial charge in [0, 0.05) is 38.2 Å². The Labute approximate surface area is 156 Å². The normalized spacial score (nSPS) is 25.1. The molecule has 2 fully saturated rings. The number of hydrogen-bond acceptors (Lipinski definition) is 6. The Bertz CT molecular complexity index is 541. The molecule has 0 radical (unpaired) electrons. The zero-order valence-corrected chi connectivity index (χ0v) is 16.7. The van der Waals surface area contributed by atoms with E-state index in [0.717, 1.165) is 62.9 Å². The predicted molar refractivity (Wildman–Crippen MR) is 102 cm³/mol. The summed E-state index contributed by atoms with van der Waals surface area (Å²) in [6.45, 7) is 10.4. The Morgan fingerprint density at radius 2 is 2.12 bits per heavy atom. The first-order chi connectivity index (χ1) is 12.0. The van der Waals surface area contributed by atoms with E-state index >= 15 is 0 Å². The fourth-order valence-corrected chi connectivity index (χ4v) is 5.04. The van der Waals surface area contributed by atoms with Gasteiger partial charge in [-0.15, -0.1) is 11.3 Å². The molecule has 0 amide bonds. The zero-order chi connectivity index (χ0) is 17.9. The third-order valence-corrected chi connectivity index (χ3v) is 6.37. The first-order valence-corrected chi connectivity index (χ1v) is 10.5. The Balaban J connectivity index is 1.58. The van der Waals surface area contributed by atoms with Gasteiger partial charge in [0.05, 0.1) is 18.8 Å². The van der Waals surface area contributed by atoms with Crippen molar-refractivity contribution in [2.75, 3.05) is 39.9 Å². The van der Waals surface area contributed by atoms with Crippen LogP contribution in [0.4, 0.5) is 0 Å². The first kappa shape index (κ1) is 19.2. The molecule has 1 aromatic rings. The number of aliphatic hydroxyl groups is 1. The largest absolute Gasteiger partial charge is 0.383 e. The molecule has 25 heavy (non-hydrogen) atoms. The van der Waals surface area contributed by atoms with Gasteiger partial charge in [-0.25, -0.2) is 4.98 Å². The Kier molecular flexibility index (Phi) is 6.49. The summed E-state index contributed by atoms with van der Waals surface area (Å²) in [4.78, 5) is 9.76. The number of thiazole rings is 1. The van der Waals surface area contributed by atoms with Gasteiger partial charge < -0.3 is 14.7 Å². The molecular formula is C19H33N3O2S. The van der Waals surface area contributed by atoms with E-state index in [4.69, 9.17) is 9.72 Å². The van der Waals surface area contributed by atoms with Gasteiger partial charge in [-0.1, -0.05) is 13.8 Å². The Hall–Kier alpha value is -0.530. The van der Waals surface area contributed by atoms with Gasteiger partial charge in [0.2, 0.25) is 0 Å². The van der Waals surface area contributed by atoms with Crippen LogP contribution in [-0.2, 0) is 16.9 Å². The molecule has 0 unspecified atom stereocenters. The molecule has 5 nitrogen and oxygen atoms in total. The minimum absolute atomic E-state index is 0.514. The Morgan fingerprint density at radius 1 is 1.36 bits per heavy atom. The quantitative estimate of drug-likeness (QED) is 0.803. The van der Waals surface area contributed by atoms with Crippen molar-refractivity contribution in [1.82, 2.24) is 14.8 Å². The van der Waals surface area contributed by atoms with E-state index < -0.39 is 5.60 Å². The second-order valence-corrected chi connectivity index (χ2v) is 9.02. The second-order valence-electron chi connectivity index (χ2n) is 8.07. The summed E-state index contributed by atoms with van der Waals surface area (Å²) in [5.41, 5.74) is 0.151. The predicted octanol–water partition coefficient (Wildman–Crippen LogP) is 2.69. The number of methoxy groups -OCH3 is 1. The first-order valence-electron chi connectivity index (χ1n) is 9.63. The van der Waals surface area contributed by atoms with Crippen LogP contribution in [0, 0.1) is 5.92 Å². The Morgan fingerprint density at radius 3 is 2.80 bits per heavy atom. The van der Waals surface area contributed by atoms with E-state index in [1.807, 2.05) is 0 Å². The summed E-state index contributed by atoms with van der Waals surface area (Å²) in [6.07, 6.45) is 4.03. The van der Waals surface area contributed by atoms with Crippen LogP contribution in [-0.4, -0.2) is 65.8 Å². The highest BCUT2D eigenvalue weighted by molar-refractivity contribution is 7.09. The number of nitrogens with zero attached hydrogens (tertiary/aromatic N) is 3. The maximum absolute atomic E-state index is 11.1. The van der Waals surface area contributed by atoms with Crippen LogP contribution in [0.25, 0.3) is 0 Å². The fourth-order valence-electron chi connectivity index (χ4n) is 4.13. The van der Waals surface area contributed by atoms with Gasteiger partial charge in [-0.05, 0) is 38.1 Å². The summed E-state index contributed by atoms with van der Waals surface area (Å²) >= 11 is 1.69. The van der Waals surface area contributed by atoms with Crippen LogP contribution in [0.3, 0.4) is 0 Å². The topological polar surface area (TPSA) is 48.8 Å². The van der Waals surface area contributed by atoms with Crippen molar-refractivity contribution in [2.24, 2.45) is 5.92 Å². The summed E-state index contributed by atoms with van der Waals surface area (Å²) in [6, 6.07) is 0.514. The number of rotatable bonds is 7. The van der Waals surface area contributed by atoms with Crippen LogP contribution < -0.4 is 0 Å². The van der Waals surface area contributed by atoms with Crippen molar-refractivity contribution < 1.29 is 9.84 Å². The lowest BCUT2D eigenvalue weighted by atomic mass is 9.88. The maximum Gasteiger partial charge on any atom is 0.110 e. The number of likely N-dealkylation sites (tertiary alicyclic amines) is 2. The third kappa shape index (κ3) is 4.80. The average Bonchev–Trinajstić information content (AvgIpc) is 3.21. The summed E-state index contributed by atoms with van der Waals surface area (Å²) < 4.78 is 5.34. The second kappa shape index (κ2) is 8.44. The van der Waals surface area contributed by atoms with E-state index in [1.165, 1.54) is 12.8 Å². The van der Waals surface area contributed by atoms with Crippen molar-refractivity contribution in [1.29, 1.82) is 0 Å². The molecule has 0 spiro atoms. The van der Waals surface area contributed by atoms with Crippen molar-refractivity contribution >= 4 is 11.3 Å². The van der Waals surface area contributed by atoms with Gasteiger partial charge >= 0.3 is 0 Å². The van der Waals surface area contributed by atoms with E-state index in [0.29, 0.717) is 12.0 Å². The molecular weight excluding hydrogens is 334 g/mol. The van der Waals surface area contributed by atoms with Crippen molar-refractivity contribution in [3.63, 3.8) is 0 Å². The molecule has 2 aliphatic rings. The highest BCUT2D eigenvalue weighted by atomic mass is 32.1. The number of ether oxygens (including phenoxy) is 1. The van der Waals surface area contributed by atoms with Crippen LogP contribution in [0.1, 0.15) is 50.2 Å². The fraction of sp³-hybridized carbons (Fsp3) is 0.842. The zero-order valence-electron chi connectivity index (χ0n) is 15.9. The average molecular weight is 368 g/mol. The van der Waals surface area contributed by atoms with E-state index in [-0.39, 0.29) is 0 Å². The van der Waals surface area contributed by atoms with Crippen molar-refractivity contribution in [2.45, 2.75) is 57.7 Å².